The van der Waals surface area contributed by atoms with Crippen LogP contribution in [-0.2, 0) is 6.54 Å². The third kappa shape index (κ3) is 2.37. The minimum atomic E-state index is 0.727. The van der Waals surface area contributed by atoms with Gasteiger partial charge in [0.2, 0.25) is 0 Å². The number of piperidine rings is 1. The van der Waals surface area contributed by atoms with Gasteiger partial charge in [-0.3, -0.25) is 0 Å². The summed E-state index contributed by atoms with van der Waals surface area (Å²) in [4.78, 5) is 0. The molecule has 1 aromatic carbocycles. The van der Waals surface area contributed by atoms with Crippen LogP contribution >= 0.6 is 0 Å². The first-order valence-electron chi connectivity index (χ1n) is 6.71. The van der Waals surface area contributed by atoms with Gasteiger partial charge in [0.1, 0.15) is 0 Å². The molecular formula is C15H20N2. The molecule has 0 bridgehead atoms. The van der Waals surface area contributed by atoms with Gasteiger partial charge in [-0.25, -0.2) is 0 Å². The summed E-state index contributed by atoms with van der Waals surface area (Å²) in [5.74, 6) is 0. The molecular weight excluding hydrogens is 208 g/mol. The molecule has 1 saturated heterocycles. The molecule has 1 aromatic heterocycles. The third-order valence-corrected chi connectivity index (χ3v) is 3.81. The van der Waals surface area contributed by atoms with Gasteiger partial charge in [0.15, 0.2) is 0 Å². The Kier molecular flexibility index (Phi) is 3.14. The predicted molar refractivity (Wildman–Crippen MR) is 72.2 cm³/mol. The average molecular weight is 228 g/mol. The summed E-state index contributed by atoms with van der Waals surface area (Å²) in [5, 5.41) is 4.97. The van der Waals surface area contributed by atoms with Gasteiger partial charge in [-0.15, -0.1) is 0 Å². The third-order valence-electron chi connectivity index (χ3n) is 3.81. The van der Waals surface area contributed by atoms with Gasteiger partial charge >= 0.3 is 0 Å². The molecule has 2 heterocycles. The Labute approximate surface area is 103 Å². The second-order valence-electron chi connectivity index (χ2n) is 5.00. The molecule has 2 aromatic rings. The Bertz CT molecular complexity index is 480. The van der Waals surface area contributed by atoms with Crippen molar-refractivity contribution in [2.75, 3.05) is 6.54 Å². The fourth-order valence-electron chi connectivity index (χ4n) is 2.80. The lowest BCUT2D eigenvalue weighted by atomic mass is 10.0. The fourth-order valence-corrected chi connectivity index (χ4v) is 2.80. The lowest BCUT2D eigenvalue weighted by Crippen LogP contribution is -2.34. The molecule has 0 spiro atoms. The maximum absolute atomic E-state index is 3.62. The molecule has 90 valence electrons. The monoisotopic (exact) mass is 228 g/mol. The first-order valence-corrected chi connectivity index (χ1v) is 6.71. The Morgan fingerprint density at radius 3 is 3.00 bits per heavy atom. The van der Waals surface area contributed by atoms with Crippen LogP contribution in [0.5, 0.6) is 0 Å². The lowest BCUT2D eigenvalue weighted by Gasteiger charge is -2.23. The van der Waals surface area contributed by atoms with Crippen molar-refractivity contribution in [1.82, 2.24) is 9.88 Å². The van der Waals surface area contributed by atoms with Crippen molar-refractivity contribution in [3.05, 3.63) is 36.5 Å². The smallest absolute Gasteiger partial charge is 0.0480 e. The molecule has 2 nitrogen and oxygen atoms in total. The summed E-state index contributed by atoms with van der Waals surface area (Å²) >= 11 is 0. The summed E-state index contributed by atoms with van der Waals surface area (Å²) in [6, 6.07) is 11.6. The van der Waals surface area contributed by atoms with Gasteiger partial charge in [0, 0.05) is 24.3 Å². The van der Waals surface area contributed by atoms with Crippen molar-refractivity contribution < 1.29 is 0 Å². The number of hydrogen-bond donors (Lipinski definition) is 1. The minimum absolute atomic E-state index is 0.727. The van der Waals surface area contributed by atoms with Crippen LogP contribution in [0.4, 0.5) is 0 Å². The minimum Gasteiger partial charge on any atom is -0.347 e. The molecule has 1 aliphatic heterocycles. The number of nitrogens with one attached hydrogen (secondary N) is 1. The average Bonchev–Trinajstić information content (AvgIpc) is 2.81. The van der Waals surface area contributed by atoms with E-state index >= 15 is 0 Å². The van der Waals surface area contributed by atoms with Crippen LogP contribution in [0.1, 0.15) is 25.7 Å². The van der Waals surface area contributed by atoms with E-state index < -0.39 is 0 Å². The van der Waals surface area contributed by atoms with Crippen molar-refractivity contribution in [3.8, 4) is 0 Å². The molecule has 1 fully saturated rings. The first-order chi connectivity index (χ1) is 8.43. The van der Waals surface area contributed by atoms with Gasteiger partial charge in [-0.1, -0.05) is 24.6 Å². The van der Waals surface area contributed by atoms with Crippen LogP contribution in [0.2, 0.25) is 0 Å². The van der Waals surface area contributed by atoms with E-state index in [0.717, 1.165) is 12.6 Å². The number of aromatic nitrogens is 1. The van der Waals surface area contributed by atoms with Gasteiger partial charge < -0.3 is 9.88 Å². The number of aryl methyl sites for hydroxylation is 1. The summed E-state index contributed by atoms with van der Waals surface area (Å²) in [5.41, 5.74) is 1.36. The first kappa shape index (κ1) is 10.8. The summed E-state index contributed by atoms with van der Waals surface area (Å²) in [6.45, 7) is 2.34. The van der Waals surface area contributed by atoms with E-state index in [4.69, 9.17) is 0 Å². The number of benzene rings is 1. The molecule has 0 radical (unpaired) electrons. The van der Waals surface area contributed by atoms with Crippen molar-refractivity contribution in [2.24, 2.45) is 0 Å². The largest absolute Gasteiger partial charge is 0.347 e. The summed E-state index contributed by atoms with van der Waals surface area (Å²) < 4.78 is 2.38. The van der Waals surface area contributed by atoms with Gasteiger partial charge in [0.05, 0.1) is 0 Å². The van der Waals surface area contributed by atoms with E-state index in [1.54, 1.807) is 0 Å². The van der Waals surface area contributed by atoms with Crippen LogP contribution in [-0.4, -0.2) is 17.2 Å². The maximum atomic E-state index is 3.62. The van der Waals surface area contributed by atoms with E-state index in [0.29, 0.717) is 0 Å². The lowest BCUT2D eigenvalue weighted by molar-refractivity contribution is 0.368. The number of rotatable bonds is 3. The predicted octanol–water partition coefficient (Wildman–Crippen LogP) is 3.17. The van der Waals surface area contributed by atoms with Crippen molar-refractivity contribution in [2.45, 2.75) is 38.3 Å². The molecule has 17 heavy (non-hydrogen) atoms. The highest BCUT2D eigenvalue weighted by atomic mass is 15.0. The topological polar surface area (TPSA) is 17.0 Å². The second-order valence-corrected chi connectivity index (χ2v) is 5.00. The second kappa shape index (κ2) is 4.92. The zero-order valence-corrected chi connectivity index (χ0v) is 10.2. The molecule has 1 aliphatic rings. The van der Waals surface area contributed by atoms with Crippen molar-refractivity contribution in [3.63, 3.8) is 0 Å². The normalized spacial score (nSPS) is 20.8. The van der Waals surface area contributed by atoms with E-state index in [1.807, 2.05) is 0 Å². The molecule has 1 unspecified atom stereocenters. The van der Waals surface area contributed by atoms with Crippen molar-refractivity contribution in [1.29, 1.82) is 0 Å². The number of para-hydroxylation sites is 1. The van der Waals surface area contributed by atoms with Crippen LogP contribution < -0.4 is 5.32 Å². The Balaban J connectivity index is 1.68. The molecule has 2 heteroatoms. The van der Waals surface area contributed by atoms with Gasteiger partial charge in [0.25, 0.3) is 0 Å². The van der Waals surface area contributed by atoms with E-state index in [2.05, 4.69) is 46.4 Å². The highest BCUT2D eigenvalue weighted by molar-refractivity contribution is 5.79. The quantitative estimate of drug-likeness (QED) is 0.853. The van der Waals surface area contributed by atoms with Crippen LogP contribution in [0.15, 0.2) is 36.5 Å². The Morgan fingerprint density at radius 1 is 1.18 bits per heavy atom. The van der Waals surface area contributed by atoms with Gasteiger partial charge in [-0.05, 0) is 43.3 Å². The number of hydrogen-bond acceptors (Lipinski definition) is 1. The van der Waals surface area contributed by atoms with E-state index in [9.17, 15) is 0 Å². The molecule has 0 saturated carbocycles. The SMILES string of the molecule is c1ccc2c(c1)ccn2CCC1CCCCN1. The molecule has 0 aliphatic carbocycles. The summed E-state index contributed by atoms with van der Waals surface area (Å²) in [7, 11) is 0. The van der Waals surface area contributed by atoms with E-state index in [-0.39, 0.29) is 0 Å². The number of nitrogens with zero attached hydrogens (tertiary/aromatic N) is 1. The standard InChI is InChI=1S/C15H20N2/c1-2-7-15-13(5-1)8-11-17(15)12-9-14-6-3-4-10-16-14/h1-2,5,7-8,11,14,16H,3-4,6,9-10,12H2. The van der Waals surface area contributed by atoms with Crippen molar-refractivity contribution >= 4 is 10.9 Å². The summed E-state index contributed by atoms with van der Waals surface area (Å²) in [6.07, 6.45) is 7.55. The zero-order chi connectivity index (χ0) is 11.5. The van der Waals surface area contributed by atoms with E-state index in [1.165, 1.54) is 43.1 Å². The van der Waals surface area contributed by atoms with Crippen LogP contribution in [0.3, 0.4) is 0 Å². The molecule has 1 N–H and O–H groups in total. The van der Waals surface area contributed by atoms with Crippen LogP contribution in [0, 0.1) is 0 Å². The Hall–Kier alpha value is -1.28. The molecule has 1 atom stereocenters. The molecule has 3 rings (SSSR count). The Morgan fingerprint density at radius 2 is 2.12 bits per heavy atom. The molecule has 0 amide bonds. The zero-order valence-electron chi connectivity index (χ0n) is 10.2. The highest BCUT2D eigenvalue weighted by Gasteiger charge is 2.12. The van der Waals surface area contributed by atoms with Crippen LogP contribution in [0.25, 0.3) is 10.9 Å². The fraction of sp³-hybridized carbons (Fsp3) is 0.467. The number of fused-ring (bicyclic) bond motifs is 1. The maximum Gasteiger partial charge on any atom is 0.0480 e. The van der Waals surface area contributed by atoms with Gasteiger partial charge in [-0.2, -0.15) is 0 Å². The highest BCUT2D eigenvalue weighted by Crippen LogP contribution is 2.17.